The number of nitrogens with one attached hydrogen (secondary N) is 1. The summed E-state index contributed by atoms with van der Waals surface area (Å²) in [4.78, 5) is 0. The molecular weight excluding hydrogens is 346 g/mol. The number of benzene rings is 2. The lowest BCUT2D eigenvalue weighted by Crippen LogP contribution is -2.17. The number of aromatic hydroxyl groups is 1. The van der Waals surface area contributed by atoms with E-state index in [2.05, 4.69) is 21.2 Å². The van der Waals surface area contributed by atoms with Crippen molar-refractivity contribution in [2.24, 2.45) is 0 Å². The van der Waals surface area contributed by atoms with Crippen molar-refractivity contribution in [3.05, 3.63) is 52.0 Å². The number of hydrogen-bond donors (Lipinski definition) is 2. The maximum absolute atomic E-state index is 9.73. The van der Waals surface area contributed by atoms with Crippen molar-refractivity contribution < 1.29 is 14.6 Å². The van der Waals surface area contributed by atoms with Gasteiger partial charge in [0.2, 0.25) is 0 Å². The Morgan fingerprint density at radius 1 is 1.05 bits per heavy atom. The number of rotatable bonds is 7. The summed E-state index contributed by atoms with van der Waals surface area (Å²) < 4.78 is 11.6. The third kappa shape index (κ3) is 4.15. The van der Waals surface area contributed by atoms with Crippen LogP contribution < -0.4 is 14.8 Å². The van der Waals surface area contributed by atoms with E-state index in [9.17, 15) is 5.11 Å². The van der Waals surface area contributed by atoms with Crippen LogP contribution in [0.5, 0.6) is 17.2 Å². The molecule has 0 spiro atoms. The minimum atomic E-state index is 0.317. The van der Waals surface area contributed by atoms with Crippen LogP contribution in [0.4, 0.5) is 0 Å². The minimum absolute atomic E-state index is 0.317. The van der Waals surface area contributed by atoms with Crippen LogP contribution in [0.3, 0.4) is 0 Å². The zero-order chi connectivity index (χ0) is 15.9. The molecule has 0 amide bonds. The van der Waals surface area contributed by atoms with E-state index in [1.165, 1.54) is 0 Å². The first-order chi connectivity index (χ1) is 10.7. The van der Waals surface area contributed by atoms with Crippen molar-refractivity contribution in [1.82, 2.24) is 5.32 Å². The maximum atomic E-state index is 9.73. The normalized spacial score (nSPS) is 10.5. The summed E-state index contributed by atoms with van der Waals surface area (Å²) in [7, 11) is 3.31. The summed E-state index contributed by atoms with van der Waals surface area (Å²) in [6, 6.07) is 11.2. The van der Waals surface area contributed by atoms with Gasteiger partial charge in [0.1, 0.15) is 17.2 Å². The molecule has 0 heterocycles. The smallest absolute Gasteiger partial charge is 0.133 e. The molecule has 0 saturated carbocycles. The molecule has 0 unspecified atom stereocenters. The number of phenolic OH excluding ortho intramolecular Hbond substituents is 1. The number of hydrogen-bond acceptors (Lipinski definition) is 4. The van der Waals surface area contributed by atoms with Crippen LogP contribution in [0.25, 0.3) is 0 Å². The highest BCUT2D eigenvalue weighted by atomic mass is 79.9. The van der Waals surface area contributed by atoms with E-state index >= 15 is 0 Å². The van der Waals surface area contributed by atoms with Crippen molar-refractivity contribution >= 4 is 15.9 Å². The van der Waals surface area contributed by atoms with Gasteiger partial charge in [-0.2, -0.15) is 0 Å². The Bertz CT molecular complexity index is 631. The minimum Gasteiger partial charge on any atom is -0.508 e. The molecule has 0 saturated heterocycles. The molecule has 0 aliphatic rings. The van der Waals surface area contributed by atoms with Crippen LogP contribution in [0.2, 0.25) is 0 Å². The van der Waals surface area contributed by atoms with Gasteiger partial charge in [0.05, 0.1) is 18.7 Å². The summed E-state index contributed by atoms with van der Waals surface area (Å²) in [6.07, 6.45) is 0.806. The van der Waals surface area contributed by atoms with E-state index in [4.69, 9.17) is 9.47 Å². The summed E-state index contributed by atoms with van der Waals surface area (Å²) in [5.74, 6) is 1.94. The van der Waals surface area contributed by atoms with Crippen LogP contribution in [0.1, 0.15) is 11.1 Å². The molecule has 0 aromatic heterocycles. The van der Waals surface area contributed by atoms with E-state index in [1.807, 2.05) is 30.3 Å². The number of methoxy groups -OCH3 is 2. The Morgan fingerprint density at radius 3 is 2.45 bits per heavy atom. The number of ether oxygens (including phenoxy) is 2. The van der Waals surface area contributed by atoms with Gasteiger partial charge < -0.3 is 19.9 Å². The van der Waals surface area contributed by atoms with Gasteiger partial charge in [-0.25, -0.2) is 0 Å². The Hall–Kier alpha value is -1.72. The standard InChI is InChI=1S/C17H20BrNO3/c1-21-16-10-14(18)17(22-2)9-12(16)7-8-19-11-13-5-3-4-6-15(13)20/h3-6,9-10,19-20H,7-8,11H2,1-2H3. The Morgan fingerprint density at radius 2 is 1.77 bits per heavy atom. The number of phenols is 1. The first kappa shape index (κ1) is 16.6. The molecule has 0 fully saturated rings. The summed E-state index contributed by atoms with van der Waals surface area (Å²) >= 11 is 3.45. The van der Waals surface area contributed by atoms with E-state index in [-0.39, 0.29) is 0 Å². The molecule has 2 aromatic carbocycles. The summed E-state index contributed by atoms with van der Waals surface area (Å²) in [5, 5.41) is 13.1. The van der Waals surface area contributed by atoms with Crippen LogP contribution >= 0.6 is 15.9 Å². The lowest BCUT2D eigenvalue weighted by atomic mass is 10.1. The Labute approximate surface area is 139 Å². The Balaban J connectivity index is 1.95. The van der Waals surface area contributed by atoms with E-state index < -0.39 is 0 Å². The molecule has 2 rings (SSSR count). The van der Waals surface area contributed by atoms with Crippen molar-refractivity contribution in [3.63, 3.8) is 0 Å². The van der Waals surface area contributed by atoms with Crippen molar-refractivity contribution in [1.29, 1.82) is 0 Å². The van der Waals surface area contributed by atoms with Gasteiger partial charge >= 0.3 is 0 Å². The predicted molar refractivity (Wildman–Crippen MR) is 90.8 cm³/mol. The predicted octanol–water partition coefficient (Wildman–Crippen LogP) is 3.50. The summed E-state index contributed by atoms with van der Waals surface area (Å²) in [6.45, 7) is 1.40. The molecule has 0 bridgehead atoms. The lowest BCUT2D eigenvalue weighted by molar-refractivity contribution is 0.396. The van der Waals surface area contributed by atoms with Crippen LogP contribution in [0.15, 0.2) is 40.9 Å². The number of halogens is 1. The molecule has 22 heavy (non-hydrogen) atoms. The highest BCUT2D eigenvalue weighted by Gasteiger charge is 2.09. The molecule has 5 heteroatoms. The average molecular weight is 366 g/mol. The lowest BCUT2D eigenvalue weighted by Gasteiger charge is -2.13. The fraction of sp³-hybridized carbons (Fsp3) is 0.294. The van der Waals surface area contributed by atoms with Gasteiger partial charge in [0.25, 0.3) is 0 Å². The molecule has 0 aliphatic heterocycles. The molecule has 0 atom stereocenters. The van der Waals surface area contributed by atoms with Crippen molar-refractivity contribution in [2.45, 2.75) is 13.0 Å². The van der Waals surface area contributed by atoms with Gasteiger partial charge in [0.15, 0.2) is 0 Å². The van der Waals surface area contributed by atoms with Crippen LogP contribution in [0, 0.1) is 0 Å². The van der Waals surface area contributed by atoms with Gasteiger partial charge in [0, 0.05) is 12.1 Å². The van der Waals surface area contributed by atoms with Crippen molar-refractivity contribution in [3.8, 4) is 17.2 Å². The van der Waals surface area contributed by atoms with E-state index in [0.717, 1.165) is 40.1 Å². The molecule has 2 N–H and O–H groups in total. The van der Waals surface area contributed by atoms with Crippen molar-refractivity contribution in [2.75, 3.05) is 20.8 Å². The van der Waals surface area contributed by atoms with Gasteiger partial charge in [-0.15, -0.1) is 0 Å². The quantitative estimate of drug-likeness (QED) is 0.737. The molecule has 0 radical (unpaired) electrons. The van der Waals surface area contributed by atoms with Gasteiger partial charge in [-0.3, -0.25) is 0 Å². The fourth-order valence-corrected chi connectivity index (χ4v) is 2.71. The highest BCUT2D eigenvalue weighted by Crippen LogP contribution is 2.32. The zero-order valence-electron chi connectivity index (χ0n) is 12.7. The molecular formula is C17H20BrNO3. The monoisotopic (exact) mass is 365 g/mol. The van der Waals surface area contributed by atoms with E-state index in [0.29, 0.717) is 12.3 Å². The van der Waals surface area contributed by atoms with Crippen LogP contribution in [-0.2, 0) is 13.0 Å². The molecule has 118 valence electrons. The molecule has 2 aromatic rings. The fourth-order valence-electron chi connectivity index (χ4n) is 2.23. The maximum Gasteiger partial charge on any atom is 0.133 e. The molecule has 0 aliphatic carbocycles. The zero-order valence-corrected chi connectivity index (χ0v) is 14.3. The topological polar surface area (TPSA) is 50.7 Å². The second-order valence-electron chi connectivity index (χ2n) is 4.85. The third-order valence-corrected chi connectivity index (χ3v) is 4.05. The Kier molecular flexibility index (Phi) is 6.10. The highest BCUT2D eigenvalue weighted by molar-refractivity contribution is 9.10. The first-order valence-electron chi connectivity index (χ1n) is 7.03. The van der Waals surface area contributed by atoms with Crippen LogP contribution in [-0.4, -0.2) is 25.9 Å². The third-order valence-electron chi connectivity index (χ3n) is 3.43. The largest absolute Gasteiger partial charge is 0.508 e. The SMILES string of the molecule is COc1cc(CCNCc2ccccc2O)c(OC)cc1Br. The second-order valence-corrected chi connectivity index (χ2v) is 5.71. The van der Waals surface area contributed by atoms with Gasteiger partial charge in [-0.1, -0.05) is 18.2 Å². The molecule has 4 nitrogen and oxygen atoms in total. The second kappa shape index (κ2) is 8.06. The summed E-state index contributed by atoms with van der Waals surface area (Å²) in [5.41, 5.74) is 1.97. The van der Waals surface area contributed by atoms with E-state index in [1.54, 1.807) is 20.3 Å². The first-order valence-corrected chi connectivity index (χ1v) is 7.83. The number of para-hydroxylation sites is 1. The van der Waals surface area contributed by atoms with Gasteiger partial charge in [-0.05, 0) is 52.7 Å². The average Bonchev–Trinajstić information content (AvgIpc) is 2.53.